The Morgan fingerprint density at radius 2 is 2.19 bits per heavy atom. The Balaban J connectivity index is 1.85. The van der Waals surface area contributed by atoms with Crippen molar-refractivity contribution >= 4 is 0 Å². The number of aromatic nitrogens is 3. The first kappa shape index (κ1) is 14.2. The maximum atomic E-state index is 5.55. The van der Waals surface area contributed by atoms with Crippen molar-refractivity contribution in [2.45, 2.75) is 51.5 Å². The molecule has 0 aromatic carbocycles. The van der Waals surface area contributed by atoms with Crippen molar-refractivity contribution in [2.75, 3.05) is 6.54 Å². The van der Waals surface area contributed by atoms with Crippen LogP contribution in [-0.4, -0.2) is 27.7 Å². The Hall–Kier alpha value is -1.75. The van der Waals surface area contributed by atoms with E-state index in [1.807, 2.05) is 19.1 Å². The molecule has 0 spiro atoms. The second-order valence-electron chi connectivity index (χ2n) is 5.68. The molecule has 5 nitrogen and oxygen atoms in total. The first-order valence-corrected chi connectivity index (χ1v) is 7.78. The fourth-order valence-electron chi connectivity index (χ4n) is 3.13. The van der Waals surface area contributed by atoms with Crippen LogP contribution >= 0.6 is 0 Å². The lowest BCUT2D eigenvalue weighted by Crippen LogP contribution is -2.37. The van der Waals surface area contributed by atoms with E-state index in [0.29, 0.717) is 17.8 Å². The van der Waals surface area contributed by atoms with E-state index >= 15 is 0 Å². The smallest absolute Gasteiger partial charge is 0.231 e. The molecule has 2 heterocycles. The molecule has 1 N–H and O–H groups in total. The van der Waals surface area contributed by atoms with Crippen LogP contribution in [0.25, 0.3) is 11.5 Å². The first-order chi connectivity index (χ1) is 10.3. The molecule has 2 unspecified atom stereocenters. The van der Waals surface area contributed by atoms with E-state index in [2.05, 4.69) is 27.4 Å². The minimum absolute atomic E-state index is 0.323. The number of nitrogens with zero attached hydrogens (tertiary/aromatic N) is 3. The SMILES string of the molecule is CCNC1CCCCC1c1nc(-c2ncccc2C)no1. The van der Waals surface area contributed by atoms with Gasteiger partial charge in [-0.1, -0.05) is 31.0 Å². The molecule has 1 aliphatic carbocycles. The lowest BCUT2D eigenvalue weighted by Gasteiger charge is -2.29. The summed E-state index contributed by atoms with van der Waals surface area (Å²) in [6.45, 7) is 5.13. The number of aryl methyl sites for hydroxylation is 1. The minimum Gasteiger partial charge on any atom is -0.339 e. The fourth-order valence-corrected chi connectivity index (χ4v) is 3.13. The van der Waals surface area contributed by atoms with Crippen LogP contribution in [0.2, 0.25) is 0 Å². The third kappa shape index (κ3) is 2.97. The number of likely N-dealkylation sites (N-methyl/N-ethyl adjacent to an activating group) is 1. The maximum Gasteiger partial charge on any atom is 0.231 e. The molecule has 2 atom stereocenters. The zero-order chi connectivity index (χ0) is 14.7. The van der Waals surface area contributed by atoms with Gasteiger partial charge in [-0.05, 0) is 37.9 Å². The van der Waals surface area contributed by atoms with Crippen LogP contribution in [0.3, 0.4) is 0 Å². The summed E-state index contributed by atoms with van der Waals surface area (Å²) in [7, 11) is 0. The molecule has 5 heteroatoms. The highest BCUT2D eigenvalue weighted by Crippen LogP contribution is 2.33. The molecular weight excluding hydrogens is 264 g/mol. The first-order valence-electron chi connectivity index (χ1n) is 7.78. The molecule has 0 amide bonds. The van der Waals surface area contributed by atoms with Gasteiger partial charge in [0.05, 0.1) is 5.92 Å². The Morgan fingerprint density at radius 3 is 3.00 bits per heavy atom. The summed E-state index contributed by atoms with van der Waals surface area (Å²) in [5.74, 6) is 1.67. The molecule has 112 valence electrons. The lowest BCUT2D eigenvalue weighted by molar-refractivity contribution is 0.265. The summed E-state index contributed by atoms with van der Waals surface area (Å²) in [5, 5.41) is 7.69. The van der Waals surface area contributed by atoms with Crippen molar-refractivity contribution < 1.29 is 4.52 Å². The van der Waals surface area contributed by atoms with Crippen LogP contribution in [0.5, 0.6) is 0 Å². The lowest BCUT2D eigenvalue weighted by atomic mass is 9.84. The van der Waals surface area contributed by atoms with E-state index in [0.717, 1.165) is 30.1 Å². The molecule has 1 fully saturated rings. The van der Waals surface area contributed by atoms with Gasteiger partial charge in [-0.15, -0.1) is 0 Å². The van der Waals surface area contributed by atoms with Gasteiger partial charge in [-0.2, -0.15) is 4.98 Å². The van der Waals surface area contributed by atoms with Gasteiger partial charge >= 0.3 is 0 Å². The van der Waals surface area contributed by atoms with Crippen LogP contribution in [0.15, 0.2) is 22.9 Å². The van der Waals surface area contributed by atoms with Gasteiger partial charge in [0.2, 0.25) is 11.7 Å². The molecule has 2 aromatic heterocycles. The van der Waals surface area contributed by atoms with Crippen LogP contribution in [0, 0.1) is 6.92 Å². The highest BCUT2D eigenvalue weighted by atomic mass is 16.5. The van der Waals surface area contributed by atoms with Gasteiger partial charge in [0.15, 0.2) is 0 Å². The molecule has 1 saturated carbocycles. The average molecular weight is 286 g/mol. The highest BCUT2D eigenvalue weighted by molar-refractivity contribution is 5.53. The van der Waals surface area contributed by atoms with Gasteiger partial charge in [0, 0.05) is 12.2 Å². The van der Waals surface area contributed by atoms with Gasteiger partial charge in [-0.25, -0.2) is 0 Å². The zero-order valence-corrected chi connectivity index (χ0v) is 12.7. The quantitative estimate of drug-likeness (QED) is 0.935. The van der Waals surface area contributed by atoms with Crippen molar-refractivity contribution in [3.05, 3.63) is 29.8 Å². The van der Waals surface area contributed by atoms with E-state index in [4.69, 9.17) is 4.52 Å². The van der Waals surface area contributed by atoms with Crippen molar-refractivity contribution in [1.82, 2.24) is 20.4 Å². The van der Waals surface area contributed by atoms with E-state index in [-0.39, 0.29) is 0 Å². The minimum atomic E-state index is 0.323. The molecule has 2 aromatic rings. The highest BCUT2D eigenvalue weighted by Gasteiger charge is 2.30. The van der Waals surface area contributed by atoms with E-state index < -0.39 is 0 Å². The number of rotatable bonds is 4. The predicted octanol–water partition coefficient (Wildman–Crippen LogP) is 3.08. The van der Waals surface area contributed by atoms with Crippen molar-refractivity contribution in [2.24, 2.45) is 0 Å². The summed E-state index contributed by atoms with van der Waals surface area (Å²) < 4.78 is 5.55. The van der Waals surface area contributed by atoms with Crippen molar-refractivity contribution in [3.63, 3.8) is 0 Å². The molecule has 0 bridgehead atoms. The van der Waals surface area contributed by atoms with E-state index in [9.17, 15) is 0 Å². The summed E-state index contributed by atoms with van der Waals surface area (Å²) in [4.78, 5) is 8.98. The number of pyridine rings is 1. The second-order valence-corrected chi connectivity index (χ2v) is 5.68. The normalized spacial score (nSPS) is 22.4. The number of hydrogen-bond donors (Lipinski definition) is 1. The zero-order valence-electron chi connectivity index (χ0n) is 12.7. The summed E-state index contributed by atoms with van der Waals surface area (Å²) in [6, 6.07) is 4.38. The molecule has 21 heavy (non-hydrogen) atoms. The van der Waals surface area contributed by atoms with E-state index in [1.54, 1.807) is 6.20 Å². The third-order valence-corrected chi connectivity index (χ3v) is 4.21. The van der Waals surface area contributed by atoms with Crippen molar-refractivity contribution in [1.29, 1.82) is 0 Å². The fraction of sp³-hybridized carbons (Fsp3) is 0.562. The standard InChI is InChI=1S/C16H22N4O/c1-3-17-13-9-5-4-8-12(13)16-19-15(20-21-16)14-11(2)7-6-10-18-14/h6-7,10,12-13,17H,3-5,8-9H2,1-2H3. The Labute approximate surface area is 125 Å². The van der Waals surface area contributed by atoms with Gasteiger partial charge in [0.25, 0.3) is 0 Å². The third-order valence-electron chi connectivity index (χ3n) is 4.21. The molecule has 1 aliphatic rings. The van der Waals surface area contributed by atoms with Gasteiger partial charge in [-0.3, -0.25) is 4.98 Å². The van der Waals surface area contributed by atoms with Gasteiger partial charge in [0.1, 0.15) is 5.69 Å². The van der Waals surface area contributed by atoms with Crippen LogP contribution in [-0.2, 0) is 0 Å². The molecular formula is C16H22N4O. The monoisotopic (exact) mass is 286 g/mol. The van der Waals surface area contributed by atoms with E-state index in [1.165, 1.54) is 19.3 Å². The van der Waals surface area contributed by atoms with Gasteiger partial charge < -0.3 is 9.84 Å². The average Bonchev–Trinajstić information content (AvgIpc) is 2.98. The largest absolute Gasteiger partial charge is 0.339 e. The Morgan fingerprint density at radius 1 is 1.33 bits per heavy atom. The second kappa shape index (κ2) is 6.35. The summed E-state index contributed by atoms with van der Waals surface area (Å²) >= 11 is 0. The Kier molecular flexibility index (Phi) is 4.29. The number of hydrogen-bond acceptors (Lipinski definition) is 5. The van der Waals surface area contributed by atoms with Crippen LogP contribution in [0.1, 0.15) is 50.0 Å². The molecule has 3 rings (SSSR count). The molecule has 0 aliphatic heterocycles. The van der Waals surface area contributed by atoms with Crippen LogP contribution in [0.4, 0.5) is 0 Å². The van der Waals surface area contributed by atoms with Crippen LogP contribution < -0.4 is 5.32 Å². The molecule has 0 saturated heterocycles. The summed E-state index contributed by atoms with van der Waals surface area (Å²) in [6.07, 6.45) is 6.56. The molecule has 0 radical (unpaired) electrons. The van der Waals surface area contributed by atoms with Crippen molar-refractivity contribution in [3.8, 4) is 11.5 Å². The summed E-state index contributed by atoms with van der Waals surface area (Å²) in [5.41, 5.74) is 1.88. The predicted molar refractivity (Wildman–Crippen MR) is 80.9 cm³/mol. The maximum absolute atomic E-state index is 5.55. The Bertz CT molecular complexity index is 593. The number of nitrogens with one attached hydrogen (secondary N) is 1. The topological polar surface area (TPSA) is 63.8 Å².